The van der Waals surface area contributed by atoms with Crippen molar-refractivity contribution >= 4 is 11.5 Å². The summed E-state index contributed by atoms with van der Waals surface area (Å²) in [5, 5.41) is 0. The SMILES string of the molecule is Nc1nccc(CC2CC2)c1N. The van der Waals surface area contributed by atoms with Crippen LogP contribution in [0.1, 0.15) is 18.4 Å². The normalized spacial score (nSPS) is 16.3. The Bertz CT molecular complexity index is 292. The standard InChI is InChI=1S/C9H13N3/c10-8-7(5-6-1-2-6)3-4-12-9(8)11/h3-4,6H,1-2,5,10H2,(H2,11,12). The van der Waals surface area contributed by atoms with Crippen LogP contribution in [0.25, 0.3) is 0 Å². The third kappa shape index (κ3) is 1.35. The van der Waals surface area contributed by atoms with Gasteiger partial charge in [-0.25, -0.2) is 4.98 Å². The zero-order valence-corrected chi connectivity index (χ0v) is 6.96. The highest BCUT2D eigenvalue weighted by atomic mass is 14.9. The first-order chi connectivity index (χ1) is 5.77. The highest BCUT2D eigenvalue weighted by molar-refractivity contribution is 5.62. The fourth-order valence-corrected chi connectivity index (χ4v) is 1.34. The molecule has 0 amide bonds. The Morgan fingerprint density at radius 1 is 1.42 bits per heavy atom. The number of nitrogen functional groups attached to an aromatic ring is 2. The summed E-state index contributed by atoms with van der Waals surface area (Å²) in [6, 6.07) is 1.96. The monoisotopic (exact) mass is 163 g/mol. The molecule has 0 unspecified atom stereocenters. The first-order valence-electron chi connectivity index (χ1n) is 4.26. The van der Waals surface area contributed by atoms with Gasteiger partial charge in [-0.3, -0.25) is 0 Å². The molecule has 0 atom stereocenters. The van der Waals surface area contributed by atoms with Crippen LogP contribution in [-0.4, -0.2) is 4.98 Å². The van der Waals surface area contributed by atoms with Crippen molar-refractivity contribution in [1.29, 1.82) is 0 Å². The van der Waals surface area contributed by atoms with Gasteiger partial charge in [0.2, 0.25) is 0 Å². The van der Waals surface area contributed by atoms with Gasteiger partial charge in [0.05, 0.1) is 5.69 Å². The summed E-state index contributed by atoms with van der Waals surface area (Å²) in [6.45, 7) is 0. The van der Waals surface area contributed by atoms with E-state index in [1.165, 1.54) is 12.8 Å². The van der Waals surface area contributed by atoms with Crippen molar-refractivity contribution in [3.63, 3.8) is 0 Å². The summed E-state index contributed by atoms with van der Waals surface area (Å²) in [5.41, 5.74) is 13.2. The van der Waals surface area contributed by atoms with Crippen LogP contribution in [0, 0.1) is 5.92 Å². The fraction of sp³-hybridized carbons (Fsp3) is 0.444. The maximum absolute atomic E-state index is 5.77. The minimum absolute atomic E-state index is 0.466. The first kappa shape index (κ1) is 7.40. The lowest BCUT2D eigenvalue weighted by atomic mass is 10.1. The van der Waals surface area contributed by atoms with Crippen LogP contribution < -0.4 is 11.5 Å². The topological polar surface area (TPSA) is 64.9 Å². The molecule has 1 aliphatic rings. The van der Waals surface area contributed by atoms with E-state index in [1.807, 2.05) is 6.07 Å². The van der Waals surface area contributed by atoms with Crippen LogP contribution >= 0.6 is 0 Å². The summed E-state index contributed by atoms with van der Waals surface area (Å²) in [4.78, 5) is 3.92. The number of pyridine rings is 1. The summed E-state index contributed by atoms with van der Waals surface area (Å²) in [5.74, 6) is 1.31. The van der Waals surface area contributed by atoms with Gasteiger partial charge in [0.25, 0.3) is 0 Å². The van der Waals surface area contributed by atoms with Crippen LogP contribution in [0.15, 0.2) is 12.3 Å². The van der Waals surface area contributed by atoms with E-state index in [0.29, 0.717) is 11.5 Å². The summed E-state index contributed by atoms with van der Waals surface area (Å²) >= 11 is 0. The second-order valence-corrected chi connectivity index (χ2v) is 3.42. The molecule has 1 aromatic rings. The number of hydrogen-bond donors (Lipinski definition) is 2. The minimum atomic E-state index is 0.466. The maximum Gasteiger partial charge on any atom is 0.146 e. The average Bonchev–Trinajstić information content (AvgIpc) is 2.83. The number of hydrogen-bond acceptors (Lipinski definition) is 3. The summed E-state index contributed by atoms with van der Waals surface area (Å²) in [6.07, 6.45) is 5.46. The van der Waals surface area contributed by atoms with Crippen molar-refractivity contribution < 1.29 is 0 Å². The zero-order valence-electron chi connectivity index (χ0n) is 6.96. The van der Waals surface area contributed by atoms with E-state index < -0.39 is 0 Å². The van der Waals surface area contributed by atoms with Gasteiger partial charge in [-0.2, -0.15) is 0 Å². The molecule has 1 heterocycles. The molecule has 0 saturated heterocycles. The van der Waals surface area contributed by atoms with Gasteiger partial charge in [0.1, 0.15) is 5.82 Å². The van der Waals surface area contributed by atoms with Crippen LogP contribution in [0.2, 0.25) is 0 Å². The third-order valence-electron chi connectivity index (χ3n) is 2.32. The predicted molar refractivity (Wildman–Crippen MR) is 49.5 cm³/mol. The van der Waals surface area contributed by atoms with Crippen molar-refractivity contribution in [2.45, 2.75) is 19.3 Å². The number of aromatic nitrogens is 1. The number of rotatable bonds is 2. The van der Waals surface area contributed by atoms with Crippen LogP contribution in [0.5, 0.6) is 0 Å². The highest BCUT2D eigenvalue weighted by Gasteiger charge is 2.22. The van der Waals surface area contributed by atoms with Gasteiger partial charge < -0.3 is 11.5 Å². The Labute approximate surface area is 71.8 Å². The Morgan fingerprint density at radius 3 is 2.83 bits per heavy atom. The Kier molecular flexibility index (Phi) is 1.64. The minimum Gasteiger partial charge on any atom is -0.396 e. The number of anilines is 2. The average molecular weight is 163 g/mol. The molecule has 0 aromatic carbocycles. The van der Waals surface area contributed by atoms with Crippen molar-refractivity contribution in [1.82, 2.24) is 4.98 Å². The molecule has 3 heteroatoms. The van der Waals surface area contributed by atoms with E-state index in [1.54, 1.807) is 6.20 Å². The van der Waals surface area contributed by atoms with Crippen molar-refractivity contribution in [2.24, 2.45) is 5.92 Å². The van der Waals surface area contributed by atoms with Gasteiger partial charge in [-0.1, -0.05) is 0 Å². The second-order valence-electron chi connectivity index (χ2n) is 3.42. The zero-order chi connectivity index (χ0) is 8.55. The van der Waals surface area contributed by atoms with E-state index >= 15 is 0 Å². The molecule has 4 N–H and O–H groups in total. The molecule has 12 heavy (non-hydrogen) atoms. The molecule has 1 fully saturated rings. The molecule has 0 bridgehead atoms. The molecule has 3 nitrogen and oxygen atoms in total. The molecule has 0 aliphatic heterocycles. The van der Waals surface area contributed by atoms with Gasteiger partial charge in [0, 0.05) is 6.20 Å². The van der Waals surface area contributed by atoms with Gasteiger partial charge in [0.15, 0.2) is 0 Å². The van der Waals surface area contributed by atoms with E-state index in [-0.39, 0.29) is 0 Å². The maximum atomic E-state index is 5.77. The Morgan fingerprint density at radius 2 is 2.17 bits per heavy atom. The van der Waals surface area contributed by atoms with Crippen molar-refractivity contribution in [2.75, 3.05) is 11.5 Å². The molecule has 0 spiro atoms. The van der Waals surface area contributed by atoms with E-state index in [9.17, 15) is 0 Å². The Hall–Kier alpha value is -1.25. The van der Waals surface area contributed by atoms with Gasteiger partial charge in [-0.15, -0.1) is 0 Å². The molecule has 1 saturated carbocycles. The lowest BCUT2D eigenvalue weighted by molar-refractivity contribution is 0.833. The summed E-state index contributed by atoms with van der Waals surface area (Å²) in [7, 11) is 0. The first-order valence-corrected chi connectivity index (χ1v) is 4.26. The highest BCUT2D eigenvalue weighted by Crippen LogP contribution is 2.34. The fourth-order valence-electron chi connectivity index (χ4n) is 1.34. The lowest BCUT2D eigenvalue weighted by Gasteiger charge is -2.05. The quantitative estimate of drug-likeness (QED) is 0.688. The van der Waals surface area contributed by atoms with E-state index in [0.717, 1.165) is 17.9 Å². The largest absolute Gasteiger partial charge is 0.396 e. The van der Waals surface area contributed by atoms with Crippen molar-refractivity contribution in [3.8, 4) is 0 Å². The third-order valence-corrected chi connectivity index (χ3v) is 2.32. The molecule has 64 valence electrons. The molecular formula is C9H13N3. The smallest absolute Gasteiger partial charge is 0.146 e. The van der Waals surface area contributed by atoms with E-state index in [2.05, 4.69) is 4.98 Å². The second kappa shape index (κ2) is 2.66. The van der Waals surface area contributed by atoms with E-state index in [4.69, 9.17) is 11.5 Å². The molecule has 1 aromatic heterocycles. The lowest BCUT2D eigenvalue weighted by Crippen LogP contribution is -2.02. The number of nitrogens with zero attached hydrogens (tertiary/aromatic N) is 1. The number of nitrogens with two attached hydrogens (primary N) is 2. The van der Waals surface area contributed by atoms with Crippen LogP contribution in [0.4, 0.5) is 11.5 Å². The molecular weight excluding hydrogens is 150 g/mol. The Balaban J connectivity index is 2.23. The van der Waals surface area contributed by atoms with Crippen LogP contribution in [0.3, 0.4) is 0 Å². The van der Waals surface area contributed by atoms with Crippen molar-refractivity contribution in [3.05, 3.63) is 17.8 Å². The summed E-state index contributed by atoms with van der Waals surface area (Å²) < 4.78 is 0. The molecule has 0 radical (unpaired) electrons. The van der Waals surface area contributed by atoms with Gasteiger partial charge >= 0.3 is 0 Å². The van der Waals surface area contributed by atoms with Gasteiger partial charge in [-0.05, 0) is 36.8 Å². The molecule has 2 rings (SSSR count). The predicted octanol–water partition coefficient (Wildman–Crippen LogP) is 1.20. The van der Waals surface area contributed by atoms with Crippen LogP contribution in [-0.2, 0) is 6.42 Å². The molecule has 1 aliphatic carbocycles.